The minimum absolute atomic E-state index is 0.0436. The van der Waals surface area contributed by atoms with Gasteiger partial charge in [0.05, 0.1) is 7.11 Å². The van der Waals surface area contributed by atoms with Gasteiger partial charge in [-0.15, -0.1) is 0 Å². The molecule has 0 aromatic rings. The van der Waals surface area contributed by atoms with Gasteiger partial charge in [-0.2, -0.15) is 0 Å². The van der Waals surface area contributed by atoms with E-state index in [0.717, 1.165) is 5.57 Å². The third-order valence-corrected chi connectivity index (χ3v) is 6.19. The van der Waals surface area contributed by atoms with Crippen molar-refractivity contribution in [3.05, 3.63) is 59.0 Å². The molecule has 0 saturated carbocycles. The van der Waals surface area contributed by atoms with Crippen molar-refractivity contribution in [3.63, 3.8) is 0 Å². The summed E-state index contributed by atoms with van der Waals surface area (Å²) in [5, 5.41) is 5.86. The lowest BCUT2D eigenvalue weighted by Crippen LogP contribution is -2.52. The van der Waals surface area contributed by atoms with Crippen molar-refractivity contribution in [1.82, 2.24) is 10.6 Å². The number of primary amides is 1. The molecule has 4 N–H and O–H groups in total. The molecule has 0 aromatic heterocycles. The summed E-state index contributed by atoms with van der Waals surface area (Å²) in [5.41, 5.74) is 5.39. The Bertz CT molecular complexity index is 1190. The lowest BCUT2D eigenvalue weighted by molar-refractivity contribution is -0.151. The Kier molecular flexibility index (Phi) is 15.2. The van der Waals surface area contributed by atoms with Crippen LogP contribution in [0, 0.1) is 23.2 Å². The molecule has 0 aliphatic carbocycles. The minimum Gasteiger partial charge on any atom is -0.490 e. The topological polar surface area (TPSA) is 146 Å². The zero-order chi connectivity index (χ0) is 31.9. The molecule has 1 aliphatic heterocycles. The van der Waals surface area contributed by atoms with Crippen LogP contribution in [0.3, 0.4) is 0 Å². The zero-order valence-electron chi connectivity index (χ0n) is 25.3. The number of allylic oxidation sites excluding steroid dienone is 4. The van der Waals surface area contributed by atoms with Crippen molar-refractivity contribution in [2.75, 3.05) is 7.11 Å². The third-order valence-electron chi connectivity index (χ3n) is 6.03. The van der Waals surface area contributed by atoms with E-state index in [1.54, 1.807) is 31.2 Å². The fourth-order valence-electron chi connectivity index (χ4n) is 3.83. The second-order valence-corrected chi connectivity index (χ2v) is 11.4. The fraction of sp³-hybridized carbons (Fsp3) is 0.484. The van der Waals surface area contributed by atoms with Gasteiger partial charge in [-0.25, -0.2) is 9.59 Å². The molecule has 0 aromatic carbocycles. The van der Waals surface area contributed by atoms with Crippen LogP contribution in [0.15, 0.2) is 59.0 Å². The van der Waals surface area contributed by atoms with Crippen LogP contribution in [0.1, 0.15) is 60.8 Å². The average molecular weight is 604 g/mol. The van der Waals surface area contributed by atoms with Gasteiger partial charge in [0.25, 0.3) is 5.91 Å². The number of nitrogens with one attached hydrogen (secondary N) is 2. The van der Waals surface area contributed by atoms with Crippen LogP contribution >= 0.6 is 11.6 Å². The molecule has 42 heavy (non-hydrogen) atoms. The van der Waals surface area contributed by atoms with Crippen LogP contribution in [0.4, 0.5) is 4.79 Å². The number of cyclic esters (lactones) is 1. The molecular weight excluding hydrogens is 562 g/mol. The molecule has 230 valence electrons. The van der Waals surface area contributed by atoms with E-state index in [-0.39, 0.29) is 17.8 Å². The van der Waals surface area contributed by atoms with Crippen molar-refractivity contribution in [1.29, 1.82) is 0 Å². The summed E-state index contributed by atoms with van der Waals surface area (Å²) < 4.78 is 15.4. The first-order chi connectivity index (χ1) is 19.6. The van der Waals surface area contributed by atoms with Gasteiger partial charge in [0.15, 0.2) is 5.76 Å². The number of amides is 3. The number of esters is 1. The van der Waals surface area contributed by atoms with Gasteiger partial charge in [0, 0.05) is 30.2 Å². The Balaban J connectivity index is 2.73. The summed E-state index contributed by atoms with van der Waals surface area (Å²) in [5.74, 6) is 3.80. The highest BCUT2D eigenvalue weighted by atomic mass is 35.5. The summed E-state index contributed by atoms with van der Waals surface area (Å²) in [6, 6.07) is -0.874. The highest BCUT2D eigenvalue weighted by Crippen LogP contribution is 2.23. The first-order valence-electron chi connectivity index (χ1n) is 13.5. The first-order valence-corrected chi connectivity index (χ1v) is 13.9. The van der Waals surface area contributed by atoms with E-state index in [1.807, 2.05) is 40.7 Å². The van der Waals surface area contributed by atoms with Gasteiger partial charge in [0.2, 0.25) is 5.91 Å². The second kappa shape index (κ2) is 17.8. The molecular formula is C31H42ClN3O7. The standard InChI is InChI=1S/C31H42ClN3O7/c1-20(19-21(2)24-16-17-25(40-7)29(38)42-24)11-8-9-13-26(36)35-27(31(4,5)6)28(37)34-18-10-12-23(41-30(33)39)15-14-22(3)32/h8,10-11,14,17-19,21,23-24,27H,12,15-16H2,1-7H3,(H2,33,39)(H,34,37)(H,35,36)/b11-8-,18-10-,20-19+,22-14+/t21-,23+,24-,27+/m0/s1. The Morgan fingerprint density at radius 2 is 1.95 bits per heavy atom. The monoisotopic (exact) mass is 603 g/mol. The zero-order valence-corrected chi connectivity index (χ0v) is 26.0. The number of hydrogen-bond donors (Lipinski definition) is 3. The van der Waals surface area contributed by atoms with Crippen molar-refractivity contribution < 1.29 is 33.4 Å². The van der Waals surface area contributed by atoms with Gasteiger partial charge >= 0.3 is 12.1 Å². The first kappa shape index (κ1) is 36.1. The van der Waals surface area contributed by atoms with Gasteiger partial charge < -0.3 is 30.6 Å². The van der Waals surface area contributed by atoms with Crippen LogP contribution in [-0.2, 0) is 28.6 Å². The normalized spacial score (nSPS) is 18.2. The average Bonchev–Trinajstić information content (AvgIpc) is 2.89. The number of nitrogens with two attached hydrogens (primary N) is 1. The number of rotatable bonds is 12. The highest BCUT2D eigenvalue weighted by Gasteiger charge is 2.32. The molecule has 1 rings (SSSR count). The van der Waals surface area contributed by atoms with Crippen LogP contribution < -0.4 is 16.4 Å². The predicted molar refractivity (Wildman–Crippen MR) is 161 cm³/mol. The van der Waals surface area contributed by atoms with Crippen LogP contribution in [0.25, 0.3) is 0 Å². The summed E-state index contributed by atoms with van der Waals surface area (Å²) in [7, 11) is 1.43. The SMILES string of the molecule is COC1=CC[C@@H]([C@@H](C)/C=C(C)/C=C\C#CC(=O)N[C@H](C(=O)N/C=C\C[C@H](C/C=C(\C)Cl)OC(N)=O)C(C)(C)C)OC1=O. The maximum atomic E-state index is 12.8. The maximum absolute atomic E-state index is 12.8. The van der Waals surface area contributed by atoms with Crippen molar-refractivity contribution in [2.24, 2.45) is 17.1 Å². The van der Waals surface area contributed by atoms with Crippen LogP contribution in [0.5, 0.6) is 0 Å². The van der Waals surface area contributed by atoms with Crippen molar-refractivity contribution in [3.8, 4) is 11.8 Å². The lowest BCUT2D eigenvalue weighted by atomic mass is 9.86. The highest BCUT2D eigenvalue weighted by molar-refractivity contribution is 6.29. The number of carbonyl (C=O) groups excluding carboxylic acids is 4. The molecule has 11 heteroatoms. The van der Waals surface area contributed by atoms with E-state index < -0.39 is 41.4 Å². The molecule has 1 heterocycles. The Morgan fingerprint density at radius 1 is 1.26 bits per heavy atom. The van der Waals surface area contributed by atoms with Gasteiger partial charge in [-0.05, 0) is 43.5 Å². The molecule has 0 saturated heterocycles. The maximum Gasteiger partial charge on any atom is 0.404 e. The van der Waals surface area contributed by atoms with E-state index in [1.165, 1.54) is 19.4 Å². The molecule has 4 atom stereocenters. The van der Waals surface area contributed by atoms with Gasteiger partial charge in [-0.1, -0.05) is 75.1 Å². The lowest BCUT2D eigenvalue weighted by Gasteiger charge is -2.29. The van der Waals surface area contributed by atoms with Crippen LogP contribution in [0.2, 0.25) is 0 Å². The molecule has 0 fully saturated rings. The molecule has 0 unspecified atom stereocenters. The number of halogens is 1. The summed E-state index contributed by atoms with van der Waals surface area (Å²) in [4.78, 5) is 48.4. The number of ether oxygens (including phenoxy) is 3. The smallest absolute Gasteiger partial charge is 0.404 e. The molecule has 0 bridgehead atoms. The Labute approximate surface area is 253 Å². The Hall–Kier alpha value is -3.97. The number of methoxy groups -OCH3 is 1. The summed E-state index contributed by atoms with van der Waals surface area (Å²) >= 11 is 5.84. The molecule has 0 spiro atoms. The van der Waals surface area contributed by atoms with E-state index in [0.29, 0.717) is 24.3 Å². The minimum atomic E-state index is -0.906. The van der Waals surface area contributed by atoms with Crippen molar-refractivity contribution >= 4 is 35.5 Å². The van der Waals surface area contributed by atoms with E-state index in [9.17, 15) is 19.2 Å². The van der Waals surface area contributed by atoms with Crippen LogP contribution in [-0.4, -0.2) is 49.2 Å². The summed E-state index contributed by atoms with van der Waals surface area (Å²) in [6.45, 7) is 11.0. The van der Waals surface area contributed by atoms with Gasteiger partial charge in [0.1, 0.15) is 18.2 Å². The third kappa shape index (κ3) is 14.1. The largest absolute Gasteiger partial charge is 0.490 e. The summed E-state index contributed by atoms with van der Waals surface area (Å²) in [6.07, 6.45) is 11.2. The van der Waals surface area contributed by atoms with E-state index in [4.69, 9.17) is 31.5 Å². The quantitative estimate of drug-likeness (QED) is 0.169. The molecule has 3 amide bonds. The van der Waals surface area contributed by atoms with Gasteiger partial charge in [-0.3, -0.25) is 9.59 Å². The second-order valence-electron chi connectivity index (χ2n) is 10.8. The van der Waals surface area contributed by atoms with E-state index in [2.05, 4.69) is 22.5 Å². The Morgan fingerprint density at radius 3 is 2.52 bits per heavy atom. The van der Waals surface area contributed by atoms with Crippen molar-refractivity contribution in [2.45, 2.75) is 79.1 Å². The molecule has 0 radical (unpaired) electrons. The van der Waals surface area contributed by atoms with E-state index >= 15 is 0 Å². The number of hydrogen-bond acceptors (Lipinski definition) is 7. The number of carbonyl (C=O) groups is 4. The predicted octanol–water partition coefficient (Wildman–Crippen LogP) is 4.52. The molecule has 10 nitrogen and oxygen atoms in total. The molecule has 1 aliphatic rings. The fourth-order valence-corrected chi connectivity index (χ4v) is 3.92.